The molecule has 1 atom stereocenters. The first-order chi connectivity index (χ1) is 15.9. The normalized spacial score (nSPS) is 12.2. The van der Waals surface area contributed by atoms with Crippen molar-refractivity contribution >= 4 is 28.9 Å². The molecule has 0 aliphatic carbocycles. The lowest BCUT2D eigenvalue weighted by Crippen LogP contribution is -2.22. The number of imidazole rings is 1. The van der Waals surface area contributed by atoms with Gasteiger partial charge < -0.3 is 14.4 Å². The van der Waals surface area contributed by atoms with Gasteiger partial charge in [-0.05, 0) is 43.7 Å². The molecule has 0 saturated heterocycles. The van der Waals surface area contributed by atoms with Crippen LogP contribution in [0.25, 0.3) is 17.1 Å². The molecule has 0 radical (unpaired) electrons. The molecule has 3 aromatic carbocycles. The minimum atomic E-state index is -1.02. The van der Waals surface area contributed by atoms with Gasteiger partial charge in [0.15, 0.2) is 11.9 Å². The van der Waals surface area contributed by atoms with E-state index in [-0.39, 0.29) is 5.78 Å². The van der Waals surface area contributed by atoms with Crippen LogP contribution in [-0.4, -0.2) is 32.5 Å². The zero-order valence-electron chi connectivity index (χ0n) is 18.4. The van der Waals surface area contributed by atoms with Crippen molar-refractivity contribution in [3.8, 4) is 5.75 Å². The monoisotopic (exact) mass is 440 g/mol. The van der Waals surface area contributed by atoms with Crippen LogP contribution in [0.3, 0.4) is 0 Å². The van der Waals surface area contributed by atoms with Gasteiger partial charge in [0.1, 0.15) is 5.75 Å². The van der Waals surface area contributed by atoms with Crippen molar-refractivity contribution in [2.45, 2.75) is 26.5 Å². The summed E-state index contributed by atoms with van der Waals surface area (Å²) in [4.78, 5) is 28.8. The molecule has 0 saturated carbocycles. The van der Waals surface area contributed by atoms with Crippen molar-refractivity contribution in [3.63, 3.8) is 0 Å². The Morgan fingerprint density at radius 3 is 2.58 bits per heavy atom. The standard InChI is InChI=1S/C27H24N2O4/c1-18-12-14-21(15-13-18)25(30)26-28-23-10-3-4-11-24(23)29(26)16-6-8-20-7-5-9-22(17-20)33-19(2)27(31)32/h3-15,17,19H,16H2,1-2H3,(H,31,32)/b8-6+/t19-/m0/s1. The number of ketones is 1. The largest absolute Gasteiger partial charge is 0.479 e. The van der Waals surface area contributed by atoms with Gasteiger partial charge in [-0.15, -0.1) is 0 Å². The Hall–Kier alpha value is -4.19. The number of carboxylic acid groups (broad SMARTS) is 1. The first kappa shape index (κ1) is 22.0. The number of fused-ring (bicyclic) bond motifs is 1. The molecular weight excluding hydrogens is 416 g/mol. The highest BCUT2D eigenvalue weighted by Crippen LogP contribution is 2.20. The quantitative estimate of drug-likeness (QED) is 0.384. The number of aliphatic carboxylic acids is 1. The Morgan fingerprint density at radius 1 is 1.06 bits per heavy atom. The maximum absolute atomic E-state index is 13.2. The number of nitrogens with zero attached hydrogens (tertiary/aromatic N) is 2. The van der Waals surface area contributed by atoms with Gasteiger partial charge in [0.05, 0.1) is 11.0 Å². The van der Waals surface area contributed by atoms with Crippen LogP contribution in [0.15, 0.2) is 78.9 Å². The van der Waals surface area contributed by atoms with Crippen LogP contribution in [0.5, 0.6) is 5.75 Å². The second kappa shape index (κ2) is 9.53. The predicted octanol–water partition coefficient (Wildman–Crippen LogP) is 5.14. The lowest BCUT2D eigenvalue weighted by Gasteiger charge is -2.10. The number of rotatable bonds is 8. The number of ether oxygens (including phenoxy) is 1. The van der Waals surface area contributed by atoms with Gasteiger partial charge in [0, 0.05) is 12.1 Å². The minimum absolute atomic E-state index is 0.127. The van der Waals surface area contributed by atoms with E-state index in [4.69, 9.17) is 9.84 Å². The van der Waals surface area contributed by atoms with E-state index in [1.165, 1.54) is 6.92 Å². The van der Waals surface area contributed by atoms with Gasteiger partial charge in [-0.3, -0.25) is 4.79 Å². The molecule has 0 bridgehead atoms. The van der Waals surface area contributed by atoms with E-state index in [9.17, 15) is 9.59 Å². The third-order valence-corrected chi connectivity index (χ3v) is 5.29. The number of hydrogen-bond acceptors (Lipinski definition) is 4. The van der Waals surface area contributed by atoms with Crippen molar-refractivity contribution in [2.24, 2.45) is 0 Å². The van der Waals surface area contributed by atoms with Gasteiger partial charge in [-0.1, -0.05) is 66.2 Å². The van der Waals surface area contributed by atoms with Gasteiger partial charge in [0.25, 0.3) is 0 Å². The van der Waals surface area contributed by atoms with Gasteiger partial charge >= 0.3 is 5.97 Å². The smallest absolute Gasteiger partial charge is 0.344 e. The summed E-state index contributed by atoms with van der Waals surface area (Å²) < 4.78 is 7.34. The maximum Gasteiger partial charge on any atom is 0.344 e. The molecule has 0 unspecified atom stereocenters. The molecule has 4 rings (SSSR count). The molecule has 0 aliphatic heterocycles. The summed E-state index contributed by atoms with van der Waals surface area (Å²) in [6.45, 7) is 3.92. The van der Waals surface area contributed by atoms with Gasteiger partial charge in [0.2, 0.25) is 5.78 Å². The summed E-state index contributed by atoms with van der Waals surface area (Å²) in [5, 5.41) is 9.04. The van der Waals surface area contributed by atoms with Crippen molar-refractivity contribution < 1.29 is 19.4 Å². The number of aromatic nitrogens is 2. The van der Waals surface area contributed by atoms with E-state index in [1.54, 1.807) is 12.1 Å². The first-order valence-electron chi connectivity index (χ1n) is 10.6. The third-order valence-electron chi connectivity index (χ3n) is 5.29. The third kappa shape index (κ3) is 5.01. The molecule has 166 valence electrons. The lowest BCUT2D eigenvalue weighted by molar-refractivity contribution is -0.144. The number of para-hydroxylation sites is 2. The Balaban J connectivity index is 1.61. The van der Waals surface area contributed by atoms with E-state index in [0.717, 1.165) is 22.2 Å². The Bertz CT molecular complexity index is 1340. The van der Waals surface area contributed by atoms with Crippen LogP contribution < -0.4 is 4.74 Å². The number of allylic oxidation sites excluding steroid dienone is 1. The second-order valence-corrected chi connectivity index (χ2v) is 7.80. The number of carboxylic acids is 1. The molecular formula is C27H24N2O4. The van der Waals surface area contributed by atoms with E-state index < -0.39 is 12.1 Å². The number of carbonyl (C=O) groups excluding carboxylic acids is 1. The van der Waals surface area contributed by atoms with Gasteiger partial charge in [-0.2, -0.15) is 0 Å². The van der Waals surface area contributed by atoms with Crippen LogP contribution in [0, 0.1) is 6.92 Å². The first-order valence-corrected chi connectivity index (χ1v) is 10.6. The average Bonchev–Trinajstić information content (AvgIpc) is 3.18. The van der Waals surface area contributed by atoms with Crippen molar-refractivity contribution in [1.29, 1.82) is 0 Å². The minimum Gasteiger partial charge on any atom is -0.479 e. The molecule has 1 heterocycles. The number of hydrogen-bond donors (Lipinski definition) is 1. The summed E-state index contributed by atoms with van der Waals surface area (Å²) in [5.41, 5.74) is 4.19. The summed E-state index contributed by atoms with van der Waals surface area (Å²) in [7, 11) is 0. The maximum atomic E-state index is 13.2. The SMILES string of the molecule is Cc1ccc(C(=O)c2nc3ccccc3n2C/C=C/c2cccc(O[C@@H](C)C(=O)O)c2)cc1. The topological polar surface area (TPSA) is 81.4 Å². The van der Waals surface area contributed by atoms with Crippen molar-refractivity contribution in [2.75, 3.05) is 0 Å². The molecule has 33 heavy (non-hydrogen) atoms. The summed E-state index contributed by atoms with van der Waals surface area (Å²) in [6.07, 6.45) is 2.92. The lowest BCUT2D eigenvalue weighted by atomic mass is 10.1. The van der Waals surface area contributed by atoms with E-state index in [2.05, 4.69) is 4.98 Å². The Labute approximate surface area is 191 Å². The molecule has 4 aromatic rings. The molecule has 6 heteroatoms. The van der Waals surface area contributed by atoms with Crippen molar-refractivity contribution in [1.82, 2.24) is 9.55 Å². The number of carbonyl (C=O) groups is 2. The molecule has 6 nitrogen and oxygen atoms in total. The van der Waals surface area contributed by atoms with E-state index in [0.29, 0.717) is 23.7 Å². The van der Waals surface area contributed by atoms with Crippen LogP contribution >= 0.6 is 0 Å². The zero-order chi connectivity index (χ0) is 23.4. The second-order valence-electron chi connectivity index (χ2n) is 7.80. The molecule has 0 spiro atoms. The number of aryl methyl sites for hydroxylation is 1. The van der Waals surface area contributed by atoms with E-state index >= 15 is 0 Å². The Morgan fingerprint density at radius 2 is 1.82 bits per heavy atom. The van der Waals surface area contributed by atoms with Crippen LogP contribution in [0.1, 0.15) is 34.2 Å². The van der Waals surface area contributed by atoms with Crippen LogP contribution in [-0.2, 0) is 11.3 Å². The fourth-order valence-electron chi connectivity index (χ4n) is 3.51. The van der Waals surface area contributed by atoms with Crippen LogP contribution in [0.4, 0.5) is 0 Å². The van der Waals surface area contributed by atoms with E-state index in [1.807, 2.05) is 84.3 Å². The van der Waals surface area contributed by atoms with Crippen molar-refractivity contribution in [3.05, 3.63) is 101 Å². The highest BCUT2D eigenvalue weighted by Gasteiger charge is 2.18. The summed E-state index contributed by atoms with van der Waals surface area (Å²) >= 11 is 0. The summed E-state index contributed by atoms with van der Waals surface area (Å²) in [5.74, 6) is -0.279. The average molecular weight is 440 g/mol. The molecule has 1 aromatic heterocycles. The summed E-state index contributed by atoms with van der Waals surface area (Å²) in [6, 6.07) is 22.4. The predicted molar refractivity (Wildman–Crippen MR) is 128 cm³/mol. The highest BCUT2D eigenvalue weighted by atomic mass is 16.5. The molecule has 1 N–H and O–H groups in total. The number of benzene rings is 3. The fraction of sp³-hybridized carbons (Fsp3) is 0.148. The van der Waals surface area contributed by atoms with Crippen LogP contribution in [0.2, 0.25) is 0 Å². The molecule has 0 aliphatic rings. The zero-order valence-corrected chi connectivity index (χ0v) is 18.4. The molecule has 0 amide bonds. The Kier molecular flexibility index (Phi) is 6.36. The fourth-order valence-corrected chi connectivity index (χ4v) is 3.51. The molecule has 0 fully saturated rings. The highest BCUT2D eigenvalue weighted by molar-refractivity contribution is 6.08. The van der Waals surface area contributed by atoms with Gasteiger partial charge in [-0.25, -0.2) is 9.78 Å².